The summed E-state index contributed by atoms with van der Waals surface area (Å²) in [5.74, 6) is -0.103. The first-order valence-electron chi connectivity index (χ1n) is 5.89. The van der Waals surface area contributed by atoms with Crippen molar-refractivity contribution < 1.29 is 4.39 Å². The lowest BCUT2D eigenvalue weighted by Gasteiger charge is -2.34. The Morgan fingerprint density at radius 3 is 2.62 bits per heavy atom. The molecule has 0 aromatic heterocycles. The van der Waals surface area contributed by atoms with Crippen LogP contribution in [0.4, 0.5) is 10.1 Å². The number of nitrogens with one attached hydrogen (secondary N) is 1. The van der Waals surface area contributed by atoms with Gasteiger partial charge in [-0.1, -0.05) is 6.07 Å². The summed E-state index contributed by atoms with van der Waals surface area (Å²) in [6.07, 6.45) is 2.26. The molecule has 88 valence electrons. The summed E-state index contributed by atoms with van der Waals surface area (Å²) in [7, 11) is 2.01. The molecule has 1 aromatic rings. The molecule has 1 aliphatic heterocycles. The summed E-state index contributed by atoms with van der Waals surface area (Å²) in [5, 5.41) is 3.30. The van der Waals surface area contributed by atoms with Crippen molar-refractivity contribution in [2.45, 2.75) is 25.8 Å². The standard InChI is InChI=1S/C13H19FN2/c1-10-12(14)4-3-5-13(10)16-8-6-11(15-2)7-9-16/h3-5,11,15H,6-9H2,1-2H3. The number of hydrogen-bond acceptors (Lipinski definition) is 2. The Balaban J connectivity index is 2.11. The van der Waals surface area contributed by atoms with Crippen molar-refractivity contribution in [2.24, 2.45) is 0 Å². The van der Waals surface area contributed by atoms with Crippen LogP contribution in [-0.4, -0.2) is 26.2 Å². The summed E-state index contributed by atoms with van der Waals surface area (Å²) in [5.41, 5.74) is 1.82. The number of benzene rings is 1. The molecule has 0 radical (unpaired) electrons. The number of anilines is 1. The van der Waals surface area contributed by atoms with Gasteiger partial charge in [0.2, 0.25) is 0 Å². The van der Waals surface area contributed by atoms with Crippen molar-refractivity contribution in [3.8, 4) is 0 Å². The molecular formula is C13H19FN2. The van der Waals surface area contributed by atoms with Gasteiger partial charge in [-0.15, -0.1) is 0 Å². The average molecular weight is 222 g/mol. The molecule has 1 heterocycles. The van der Waals surface area contributed by atoms with Crippen molar-refractivity contribution >= 4 is 5.69 Å². The number of rotatable bonds is 2. The maximum absolute atomic E-state index is 13.4. The zero-order valence-electron chi connectivity index (χ0n) is 9.96. The van der Waals surface area contributed by atoms with Crippen molar-refractivity contribution in [3.63, 3.8) is 0 Å². The van der Waals surface area contributed by atoms with Crippen LogP contribution < -0.4 is 10.2 Å². The van der Waals surface area contributed by atoms with Crippen LogP contribution in [0.5, 0.6) is 0 Å². The average Bonchev–Trinajstić information content (AvgIpc) is 2.33. The van der Waals surface area contributed by atoms with Crippen LogP contribution in [0.1, 0.15) is 18.4 Å². The maximum atomic E-state index is 13.4. The quantitative estimate of drug-likeness (QED) is 0.826. The van der Waals surface area contributed by atoms with Crippen molar-refractivity contribution in [3.05, 3.63) is 29.6 Å². The number of piperidine rings is 1. The predicted molar refractivity (Wildman–Crippen MR) is 65.4 cm³/mol. The molecule has 0 atom stereocenters. The minimum atomic E-state index is -0.103. The Kier molecular flexibility index (Phi) is 3.44. The lowest BCUT2D eigenvalue weighted by Crippen LogP contribution is -2.41. The highest BCUT2D eigenvalue weighted by molar-refractivity contribution is 5.53. The van der Waals surface area contributed by atoms with E-state index in [0.29, 0.717) is 6.04 Å². The number of halogens is 1. The highest BCUT2D eigenvalue weighted by atomic mass is 19.1. The highest BCUT2D eigenvalue weighted by Gasteiger charge is 2.19. The summed E-state index contributed by atoms with van der Waals surface area (Å²) < 4.78 is 13.4. The minimum Gasteiger partial charge on any atom is -0.371 e. The highest BCUT2D eigenvalue weighted by Crippen LogP contribution is 2.25. The van der Waals surface area contributed by atoms with E-state index < -0.39 is 0 Å². The first kappa shape index (κ1) is 11.4. The third-order valence-corrected chi connectivity index (χ3v) is 3.48. The van der Waals surface area contributed by atoms with Gasteiger partial charge < -0.3 is 10.2 Å². The summed E-state index contributed by atoms with van der Waals surface area (Å²) in [4.78, 5) is 2.28. The molecular weight excluding hydrogens is 203 g/mol. The second-order valence-electron chi connectivity index (χ2n) is 4.43. The van der Waals surface area contributed by atoms with E-state index in [0.717, 1.165) is 37.2 Å². The second-order valence-corrected chi connectivity index (χ2v) is 4.43. The lowest BCUT2D eigenvalue weighted by molar-refractivity contribution is 0.441. The molecule has 0 spiro atoms. The summed E-state index contributed by atoms with van der Waals surface area (Å²) in [6.45, 7) is 3.88. The van der Waals surface area contributed by atoms with E-state index in [1.54, 1.807) is 6.07 Å². The zero-order valence-corrected chi connectivity index (χ0v) is 9.96. The van der Waals surface area contributed by atoms with Gasteiger partial charge in [0, 0.05) is 30.4 Å². The molecule has 0 bridgehead atoms. The fourth-order valence-corrected chi connectivity index (χ4v) is 2.35. The van der Waals surface area contributed by atoms with Crippen molar-refractivity contribution in [2.75, 3.05) is 25.0 Å². The van der Waals surface area contributed by atoms with Crippen molar-refractivity contribution in [1.29, 1.82) is 0 Å². The Morgan fingerprint density at radius 2 is 2.00 bits per heavy atom. The van der Waals surface area contributed by atoms with Crippen LogP contribution in [-0.2, 0) is 0 Å². The first-order chi connectivity index (χ1) is 7.72. The molecule has 1 aliphatic rings. The molecule has 3 heteroatoms. The Bertz CT molecular complexity index is 357. The van der Waals surface area contributed by atoms with Crippen LogP contribution in [0, 0.1) is 12.7 Å². The molecule has 1 fully saturated rings. The van der Waals surface area contributed by atoms with E-state index in [4.69, 9.17) is 0 Å². The largest absolute Gasteiger partial charge is 0.371 e. The Hall–Kier alpha value is -1.09. The summed E-state index contributed by atoms with van der Waals surface area (Å²) in [6, 6.07) is 5.95. The van der Waals surface area contributed by atoms with Crippen molar-refractivity contribution in [1.82, 2.24) is 5.32 Å². The minimum absolute atomic E-state index is 0.103. The van der Waals surface area contributed by atoms with Crippen LogP contribution in [0.2, 0.25) is 0 Å². The zero-order chi connectivity index (χ0) is 11.5. The van der Waals surface area contributed by atoms with E-state index in [1.807, 2.05) is 20.0 Å². The third kappa shape index (κ3) is 2.19. The van der Waals surface area contributed by atoms with Gasteiger partial charge in [0.15, 0.2) is 0 Å². The lowest BCUT2D eigenvalue weighted by atomic mass is 10.0. The number of hydrogen-bond donors (Lipinski definition) is 1. The molecule has 2 rings (SSSR count). The van der Waals surface area contributed by atoms with Gasteiger partial charge in [0.1, 0.15) is 5.82 Å². The molecule has 16 heavy (non-hydrogen) atoms. The smallest absolute Gasteiger partial charge is 0.128 e. The van der Waals surface area contributed by atoms with E-state index in [1.165, 1.54) is 6.07 Å². The van der Waals surface area contributed by atoms with Gasteiger partial charge in [-0.3, -0.25) is 0 Å². The number of nitrogens with zero attached hydrogens (tertiary/aromatic N) is 1. The fraction of sp³-hybridized carbons (Fsp3) is 0.538. The normalized spacial score (nSPS) is 17.8. The van der Waals surface area contributed by atoms with Crippen LogP contribution in [0.15, 0.2) is 18.2 Å². The van der Waals surface area contributed by atoms with Gasteiger partial charge in [-0.25, -0.2) is 4.39 Å². The third-order valence-electron chi connectivity index (χ3n) is 3.48. The van der Waals surface area contributed by atoms with Crippen LogP contribution in [0.3, 0.4) is 0 Å². The summed E-state index contributed by atoms with van der Waals surface area (Å²) >= 11 is 0. The van der Waals surface area contributed by atoms with E-state index in [2.05, 4.69) is 10.2 Å². The van der Waals surface area contributed by atoms with E-state index in [9.17, 15) is 4.39 Å². The fourth-order valence-electron chi connectivity index (χ4n) is 2.35. The molecule has 1 aromatic carbocycles. The second kappa shape index (κ2) is 4.83. The first-order valence-corrected chi connectivity index (χ1v) is 5.89. The monoisotopic (exact) mass is 222 g/mol. The molecule has 0 saturated carbocycles. The van der Waals surface area contributed by atoms with Gasteiger partial charge in [-0.2, -0.15) is 0 Å². The molecule has 2 nitrogen and oxygen atoms in total. The predicted octanol–water partition coefficient (Wildman–Crippen LogP) is 2.32. The Labute approximate surface area is 96.5 Å². The molecule has 0 amide bonds. The van der Waals surface area contributed by atoms with Gasteiger partial charge >= 0.3 is 0 Å². The van der Waals surface area contributed by atoms with Gasteiger partial charge in [0.25, 0.3) is 0 Å². The van der Waals surface area contributed by atoms with Crippen LogP contribution in [0.25, 0.3) is 0 Å². The Morgan fingerprint density at radius 1 is 1.31 bits per heavy atom. The molecule has 1 saturated heterocycles. The molecule has 1 N–H and O–H groups in total. The van der Waals surface area contributed by atoms with E-state index in [-0.39, 0.29) is 5.82 Å². The molecule has 0 aliphatic carbocycles. The van der Waals surface area contributed by atoms with Crippen LogP contribution >= 0.6 is 0 Å². The van der Waals surface area contributed by atoms with E-state index >= 15 is 0 Å². The molecule has 0 unspecified atom stereocenters. The SMILES string of the molecule is CNC1CCN(c2cccc(F)c2C)CC1. The maximum Gasteiger partial charge on any atom is 0.128 e. The topological polar surface area (TPSA) is 15.3 Å². The van der Waals surface area contributed by atoms with Gasteiger partial charge in [-0.05, 0) is 38.9 Å². The van der Waals surface area contributed by atoms with Gasteiger partial charge in [0.05, 0.1) is 0 Å².